The van der Waals surface area contributed by atoms with Crippen LogP contribution in [0.5, 0.6) is 0 Å². The van der Waals surface area contributed by atoms with Crippen LogP contribution in [0.15, 0.2) is 59.4 Å². The highest BCUT2D eigenvalue weighted by molar-refractivity contribution is 7.18. The molecule has 0 aliphatic heterocycles. The van der Waals surface area contributed by atoms with E-state index in [0.717, 1.165) is 46.4 Å². The predicted molar refractivity (Wildman–Crippen MR) is 116 cm³/mol. The molecule has 4 aromatic rings. The van der Waals surface area contributed by atoms with Gasteiger partial charge in [-0.05, 0) is 49.3 Å². The van der Waals surface area contributed by atoms with Crippen molar-refractivity contribution in [3.8, 4) is 11.4 Å². The van der Waals surface area contributed by atoms with Crippen LogP contribution in [0, 0.1) is 6.92 Å². The second-order valence-electron chi connectivity index (χ2n) is 7.51. The van der Waals surface area contributed by atoms with E-state index in [-0.39, 0.29) is 5.56 Å². The Morgan fingerprint density at radius 1 is 1.00 bits per heavy atom. The molecular formula is C24H22N2OS. The Bertz CT molecular complexity index is 1220. The molecule has 0 N–H and O–H groups in total. The Kier molecular flexibility index (Phi) is 4.36. The smallest absolute Gasteiger partial charge is 0.263 e. The third kappa shape index (κ3) is 2.89. The van der Waals surface area contributed by atoms with Crippen molar-refractivity contribution in [2.75, 3.05) is 0 Å². The average Bonchev–Trinajstić information content (AvgIpc) is 3.10. The van der Waals surface area contributed by atoms with Crippen molar-refractivity contribution in [3.05, 3.63) is 86.5 Å². The zero-order valence-electron chi connectivity index (χ0n) is 15.9. The Morgan fingerprint density at radius 2 is 1.75 bits per heavy atom. The van der Waals surface area contributed by atoms with E-state index in [1.165, 1.54) is 22.4 Å². The lowest BCUT2D eigenvalue weighted by Gasteiger charge is -2.15. The predicted octanol–water partition coefficient (Wildman–Crippen LogP) is 5.36. The van der Waals surface area contributed by atoms with Crippen molar-refractivity contribution in [3.63, 3.8) is 0 Å². The van der Waals surface area contributed by atoms with Crippen LogP contribution in [-0.4, -0.2) is 9.55 Å². The molecular weight excluding hydrogens is 364 g/mol. The van der Waals surface area contributed by atoms with Gasteiger partial charge in [0.25, 0.3) is 5.56 Å². The second-order valence-corrected chi connectivity index (χ2v) is 8.59. The molecule has 2 aromatic heterocycles. The fourth-order valence-corrected chi connectivity index (χ4v) is 5.40. The molecule has 2 aromatic carbocycles. The minimum Gasteiger partial charge on any atom is -0.288 e. The first kappa shape index (κ1) is 17.4. The summed E-state index contributed by atoms with van der Waals surface area (Å²) in [5.74, 6) is 0.764. The van der Waals surface area contributed by atoms with Gasteiger partial charge in [-0.15, -0.1) is 11.3 Å². The lowest BCUT2D eigenvalue weighted by Crippen LogP contribution is -2.24. The van der Waals surface area contributed by atoms with Crippen molar-refractivity contribution in [2.24, 2.45) is 0 Å². The van der Waals surface area contributed by atoms with Crippen LogP contribution in [0.4, 0.5) is 0 Å². The monoisotopic (exact) mass is 386 g/mol. The summed E-state index contributed by atoms with van der Waals surface area (Å²) < 4.78 is 1.88. The zero-order chi connectivity index (χ0) is 19.1. The van der Waals surface area contributed by atoms with E-state index < -0.39 is 0 Å². The van der Waals surface area contributed by atoms with E-state index in [1.54, 1.807) is 11.3 Å². The first-order chi connectivity index (χ1) is 13.7. The van der Waals surface area contributed by atoms with Crippen LogP contribution < -0.4 is 5.56 Å². The van der Waals surface area contributed by atoms with Gasteiger partial charge in [-0.1, -0.05) is 54.6 Å². The molecule has 5 rings (SSSR count). The van der Waals surface area contributed by atoms with Gasteiger partial charge in [-0.3, -0.25) is 9.36 Å². The van der Waals surface area contributed by atoms with Gasteiger partial charge in [0.15, 0.2) is 0 Å². The Labute approximate surface area is 168 Å². The van der Waals surface area contributed by atoms with Crippen LogP contribution in [0.3, 0.4) is 0 Å². The standard InChI is InChI=1S/C24H22N2OS/c1-16-9-5-6-12-18(16)15-26-22(17-10-3-2-4-11-17)25-23-21(24(26)27)19-13-7-8-14-20(19)28-23/h2-6,9-12H,7-8,13-15H2,1H3. The number of fused-ring (bicyclic) bond motifs is 3. The van der Waals surface area contributed by atoms with Gasteiger partial charge in [0.1, 0.15) is 10.7 Å². The first-order valence-electron chi connectivity index (χ1n) is 9.87. The molecule has 1 aliphatic rings. The number of benzene rings is 2. The number of nitrogens with zero attached hydrogens (tertiary/aromatic N) is 2. The van der Waals surface area contributed by atoms with E-state index in [2.05, 4.69) is 19.1 Å². The highest BCUT2D eigenvalue weighted by atomic mass is 32.1. The molecule has 0 amide bonds. The van der Waals surface area contributed by atoms with Gasteiger partial charge in [0.2, 0.25) is 0 Å². The summed E-state index contributed by atoms with van der Waals surface area (Å²) >= 11 is 1.72. The summed E-state index contributed by atoms with van der Waals surface area (Å²) in [6, 6.07) is 18.3. The highest BCUT2D eigenvalue weighted by Gasteiger charge is 2.22. The molecule has 4 heteroatoms. The van der Waals surface area contributed by atoms with E-state index in [1.807, 2.05) is 47.0 Å². The van der Waals surface area contributed by atoms with Gasteiger partial charge in [-0.2, -0.15) is 0 Å². The molecule has 0 saturated heterocycles. The number of aromatic nitrogens is 2. The van der Waals surface area contributed by atoms with Crippen molar-refractivity contribution < 1.29 is 0 Å². The van der Waals surface area contributed by atoms with Crippen molar-refractivity contribution in [2.45, 2.75) is 39.2 Å². The van der Waals surface area contributed by atoms with Crippen LogP contribution in [0.25, 0.3) is 21.6 Å². The van der Waals surface area contributed by atoms with E-state index in [0.29, 0.717) is 6.54 Å². The summed E-state index contributed by atoms with van der Waals surface area (Å²) in [4.78, 5) is 21.0. The maximum absolute atomic E-state index is 13.7. The minimum atomic E-state index is 0.103. The van der Waals surface area contributed by atoms with Gasteiger partial charge in [0, 0.05) is 10.4 Å². The van der Waals surface area contributed by atoms with Gasteiger partial charge in [-0.25, -0.2) is 4.98 Å². The second kappa shape index (κ2) is 7.02. The van der Waals surface area contributed by atoms with Gasteiger partial charge in [0.05, 0.1) is 11.9 Å². The minimum absolute atomic E-state index is 0.103. The topological polar surface area (TPSA) is 34.9 Å². The fraction of sp³-hybridized carbons (Fsp3) is 0.250. The number of thiophene rings is 1. The van der Waals surface area contributed by atoms with Crippen LogP contribution in [-0.2, 0) is 19.4 Å². The molecule has 0 saturated carbocycles. The molecule has 0 spiro atoms. The molecule has 0 bridgehead atoms. The Balaban J connectivity index is 1.79. The quantitative estimate of drug-likeness (QED) is 0.475. The van der Waals surface area contributed by atoms with E-state index >= 15 is 0 Å². The van der Waals surface area contributed by atoms with Crippen molar-refractivity contribution in [1.29, 1.82) is 0 Å². The van der Waals surface area contributed by atoms with Crippen molar-refractivity contribution >= 4 is 21.6 Å². The molecule has 0 unspecified atom stereocenters. The SMILES string of the molecule is Cc1ccccc1Cn1c(-c2ccccc2)nc2sc3c(c2c1=O)CCCC3. The largest absolute Gasteiger partial charge is 0.288 e. The van der Waals surface area contributed by atoms with E-state index in [4.69, 9.17) is 4.98 Å². The molecule has 2 heterocycles. The van der Waals surface area contributed by atoms with Crippen LogP contribution in [0.1, 0.15) is 34.4 Å². The maximum atomic E-state index is 13.7. The summed E-state index contributed by atoms with van der Waals surface area (Å²) in [5, 5.41) is 0.855. The van der Waals surface area contributed by atoms with Crippen LogP contribution in [0.2, 0.25) is 0 Å². The average molecular weight is 387 g/mol. The lowest BCUT2D eigenvalue weighted by molar-refractivity contribution is 0.698. The number of hydrogen-bond donors (Lipinski definition) is 0. The molecule has 0 radical (unpaired) electrons. The lowest BCUT2D eigenvalue weighted by atomic mass is 9.97. The molecule has 3 nitrogen and oxygen atoms in total. The Morgan fingerprint density at radius 3 is 2.57 bits per heavy atom. The normalized spacial score (nSPS) is 13.6. The Hall–Kier alpha value is -2.72. The molecule has 28 heavy (non-hydrogen) atoms. The molecule has 1 aliphatic carbocycles. The zero-order valence-corrected chi connectivity index (χ0v) is 16.8. The fourth-order valence-electron chi connectivity index (χ4n) is 4.15. The van der Waals surface area contributed by atoms with Crippen LogP contribution >= 0.6 is 11.3 Å². The molecule has 140 valence electrons. The van der Waals surface area contributed by atoms with Crippen molar-refractivity contribution in [1.82, 2.24) is 9.55 Å². The maximum Gasteiger partial charge on any atom is 0.263 e. The number of aryl methyl sites for hydroxylation is 3. The van der Waals surface area contributed by atoms with E-state index in [9.17, 15) is 4.79 Å². The van der Waals surface area contributed by atoms with Gasteiger partial charge >= 0.3 is 0 Å². The molecule has 0 atom stereocenters. The third-order valence-corrected chi connectivity index (χ3v) is 6.88. The summed E-state index contributed by atoms with van der Waals surface area (Å²) in [5.41, 5.74) is 4.70. The summed E-state index contributed by atoms with van der Waals surface area (Å²) in [7, 11) is 0. The summed E-state index contributed by atoms with van der Waals surface area (Å²) in [6.07, 6.45) is 4.45. The summed E-state index contributed by atoms with van der Waals surface area (Å²) in [6.45, 7) is 2.64. The third-order valence-electron chi connectivity index (χ3n) is 5.70. The first-order valence-corrected chi connectivity index (χ1v) is 10.7. The highest BCUT2D eigenvalue weighted by Crippen LogP contribution is 2.35. The molecule has 0 fully saturated rings. The number of rotatable bonds is 3. The van der Waals surface area contributed by atoms with Gasteiger partial charge < -0.3 is 0 Å². The number of hydrogen-bond acceptors (Lipinski definition) is 3.